The lowest BCUT2D eigenvalue weighted by atomic mass is 9.96. The standard InChI is InChI=1S/C15H21F2N3O/c1-2-19-8-10-6-12(16)14(13(17)7-10)20-5-3-4-11(9-20)15(18)21/h6-7,11,19H,2-5,8-9H2,1H3,(H2,18,21). The smallest absolute Gasteiger partial charge is 0.222 e. The first-order chi connectivity index (χ1) is 10.0. The lowest BCUT2D eigenvalue weighted by molar-refractivity contribution is -0.122. The molecule has 3 N–H and O–H groups in total. The quantitative estimate of drug-likeness (QED) is 0.871. The topological polar surface area (TPSA) is 58.4 Å². The van der Waals surface area contributed by atoms with Crippen LogP contribution >= 0.6 is 0 Å². The van der Waals surface area contributed by atoms with Gasteiger partial charge in [0, 0.05) is 19.6 Å². The number of anilines is 1. The van der Waals surface area contributed by atoms with Gasteiger partial charge in [-0.15, -0.1) is 0 Å². The van der Waals surface area contributed by atoms with Crippen LogP contribution in [0, 0.1) is 17.6 Å². The maximum atomic E-state index is 14.2. The summed E-state index contributed by atoms with van der Waals surface area (Å²) in [4.78, 5) is 12.9. The third kappa shape index (κ3) is 3.69. The highest BCUT2D eigenvalue weighted by atomic mass is 19.1. The van der Waals surface area contributed by atoms with Gasteiger partial charge in [-0.3, -0.25) is 4.79 Å². The van der Waals surface area contributed by atoms with E-state index < -0.39 is 17.5 Å². The van der Waals surface area contributed by atoms with Crippen molar-refractivity contribution in [1.82, 2.24) is 5.32 Å². The van der Waals surface area contributed by atoms with Crippen LogP contribution in [0.5, 0.6) is 0 Å². The number of nitrogens with one attached hydrogen (secondary N) is 1. The number of amides is 1. The largest absolute Gasteiger partial charge is 0.369 e. The Morgan fingerprint density at radius 3 is 2.67 bits per heavy atom. The van der Waals surface area contributed by atoms with Gasteiger partial charge < -0.3 is 16.0 Å². The summed E-state index contributed by atoms with van der Waals surface area (Å²) in [7, 11) is 0. The molecule has 1 aliphatic rings. The SMILES string of the molecule is CCNCc1cc(F)c(N2CCCC(C(N)=O)C2)c(F)c1. The van der Waals surface area contributed by atoms with E-state index >= 15 is 0 Å². The van der Waals surface area contributed by atoms with Gasteiger partial charge in [0.05, 0.1) is 5.92 Å². The molecule has 6 heteroatoms. The fourth-order valence-electron chi connectivity index (χ4n) is 2.70. The molecule has 0 radical (unpaired) electrons. The second-order valence-corrected chi connectivity index (χ2v) is 5.38. The average Bonchev–Trinajstić information content (AvgIpc) is 2.44. The molecule has 1 unspecified atom stereocenters. The Labute approximate surface area is 123 Å². The van der Waals surface area contributed by atoms with E-state index in [1.807, 2.05) is 6.92 Å². The van der Waals surface area contributed by atoms with Crippen LogP contribution in [-0.2, 0) is 11.3 Å². The molecule has 1 fully saturated rings. The Morgan fingerprint density at radius 2 is 2.10 bits per heavy atom. The number of nitrogens with two attached hydrogens (primary N) is 1. The number of rotatable bonds is 5. The van der Waals surface area contributed by atoms with Crippen LogP contribution in [0.15, 0.2) is 12.1 Å². The minimum atomic E-state index is -0.590. The van der Waals surface area contributed by atoms with E-state index in [2.05, 4.69) is 5.32 Å². The van der Waals surface area contributed by atoms with Crippen molar-refractivity contribution in [2.45, 2.75) is 26.3 Å². The average molecular weight is 297 g/mol. The number of hydrogen-bond acceptors (Lipinski definition) is 3. The molecule has 0 saturated carbocycles. The van der Waals surface area contributed by atoms with Gasteiger partial charge in [0.25, 0.3) is 0 Å². The summed E-state index contributed by atoms with van der Waals surface area (Å²) >= 11 is 0. The molecule has 0 bridgehead atoms. The second-order valence-electron chi connectivity index (χ2n) is 5.38. The monoisotopic (exact) mass is 297 g/mol. The lowest BCUT2D eigenvalue weighted by Crippen LogP contribution is -2.42. The molecule has 4 nitrogen and oxygen atoms in total. The van der Waals surface area contributed by atoms with Gasteiger partial charge in [-0.05, 0) is 37.1 Å². The van der Waals surface area contributed by atoms with Gasteiger partial charge in [-0.2, -0.15) is 0 Å². The maximum Gasteiger partial charge on any atom is 0.222 e. The number of hydrogen-bond donors (Lipinski definition) is 2. The van der Waals surface area contributed by atoms with Crippen LogP contribution < -0.4 is 16.0 Å². The van der Waals surface area contributed by atoms with Crippen LogP contribution in [0.2, 0.25) is 0 Å². The predicted octanol–water partition coefficient (Wildman–Crippen LogP) is 1.78. The normalized spacial score (nSPS) is 18.8. The highest BCUT2D eigenvalue weighted by molar-refractivity contribution is 5.77. The molecule has 1 aromatic carbocycles. The Hall–Kier alpha value is -1.69. The number of benzene rings is 1. The fourth-order valence-corrected chi connectivity index (χ4v) is 2.70. The molecule has 0 spiro atoms. The first-order valence-corrected chi connectivity index (χ1v) is 7.25. The number of carbonyl (C=O) groups is 1. The number of carbonyl (C=O) groups excluding carboxylic acids is 1. The van der Waals surface area contributed by atoms with Gasteiger partial charge in [0.1, 0.15) is 17.3 Å². The molecule has 1 heterocycles. The van der Waals surface area contributed by atoms with E-state index in [0.29, 0.717) is 31.5 Å². The molecule has 116 valence electrons. The van der Waals surface area contributed by atoms with Crippen molar-refractivity contribution < 1.29 is 13.6 Å². The van der Waals surface area contributed by atoms with E-state index in [1.165, 1.54) is 12.1 Å². The molecule has 1 aromatic rings. The molecular formula is C15H21F2N3O. The predicted molar refractivity (Wildman–Crippen MR) is 77.9 cm³/mol. The summed E-state index contributed by atoms with van der Waals surface area (Å²) < 4.78 is 28.5. The van der Waals surface area contributed by atoms with E-state index in [9.17, 15) is 13.6 Å². The van der Waals surface area contributed by atoms with Crippen molar-refractivity contribution in [3.05, 3.63) is 29.3 Å². The zero-order valence-corrected chi connectivity index (χ0v) is 12.2. The van der Waals surface area contributed by atoms with E-state index in [0.717, 1.165) is 6.54 Å². The zero-order chi connectivity index (χ0) is 15.4. The molecule has 2 rings (SSSR count). The Kier molecular flexibility index (Phi) is 5.12. The highest BCUT2D eigenvalue weighted by Gasteiger charge is 2.27. The summed E-state index contributed by atoms with van der Waals surface area (Å²) in [6.07, 6.45) is 1.37. The molecular weight excluding hydrogens is 276 g/mol. The van der Waals surface area contributed by atoms with Gasteiger partial charge in [-0.25, -0.2) is 8.78 Å². The molecule has 1 aliphatic heterocycles. The van der Waals surface area contributed by atoms with Crippen LogP contribution in [0.1, 0.15) is 25.3 Å². The van der Waals surface area contributed by atoms with Gasteiger partial charge >= 0.3 is 0 Å². The van der Waals surface area contributed by atoms with Crippen molar-refractivity contribution in [2.75, 3.05) is 24.5 Å². The summed E-state index contributed by atoms with van der Waals surface area (Å²) in [5.74, 6) is -1.94. The maximum absolute atomic E-state index is 14.2. The number of nitrogens with zero attached hydrogens (tertiary/aromatic N) is 1. The van der Waals surface area contributed by atoms with Crippen molar-refractivity contribution in [3.63, 3.8) is 0 Å². The molecule has 1 atom stereocenters. The number of piperidine rings is 1. The summed E-state index contributed by atoms with van der Waals surface area (Å²) in [5, 5.41) is 3.03. The van der Waals surface area contributed by atoms with E-state index in [1.54, 1.807) is 4.90 Å². The molecule has 21 heavy (non-hydrogen) atoms. The van der Waals surface area contributed by atoms with Crippen molar-refractivity contribution >= 4 is 11.6 Å². The van der Waals surface area contributed by atoms with Crippen molar-refractivity contribution in [3.8, 4) is 0 Å². The Bertz CT molecular complexity index is 499. The minimum absolute atomic E-state index is 0.0544. The van der Waals surface area contributed by atoms with Crippen molar-refractivity contribution in [2.24, 2.45) is 11.7 Å². The first kappa shape index (κ1) is 15.7. The van der Waals surface area contributed by atoms with E-state index in [4.69, 9.17) is 5.73 Å². The van der Waals surface area contributed by atoms with Gasteiger partial charge in [0.15, 0.2) is 0 Å². The Balaban J connectivity index is 2.21. The lowest BCUT2D eigenvalue weighted by Gasteiger charge is -2.33. The summed E-state index contributed by atoms with van der Waals surface area (Å²) in [6.45, 7) is 3.89. The van der Waals surface area contributed by atoms with Gasteiger partial charge in [0.2, 0.25) is 5.91 Å². The summed E-state index contributed by atoms with van der Waals surface area (Å²) in [5.41, 5.74) is 5.82. The van der Waals surface area contributed by atoms with Crippen LogP contribution in [0.4, 0.5) is 14.5 Å². The first-order valence-electron chi connectivity index (χ1n) is 7.25. The Morgan fingerprint density at radius 1 is 1.43 bits per heavy atom. The molecule has 1 amide bonds. The fraction of sp³-hybridized carbons (Fsp3) is 0.533. The van der Waals surface area contributed by atoms with Crippen LogP contribution in [0.3, 0.4) is 0 Å². The molecule has 1 saturated heterocycles. The third-order valence-corrected chi connectivity index (χ3v) is 3.80. The second kappa shape index (κ2) is 6.85. The van der Waals surface area contributed by atoms with Crippen LogP contribution in [0.25, 0.3) is 0 Å². The molecule has 0 aliphatic carbocycles. The third-order valence-electron chi connectivity index (χ3n) is 3.80. The molecule has 0 aromatic heterocycles. The number of primary amides is 1. The van der Waals surface area contributed by atoms with Crippen molar-refractivity contribution in [1.29, 1.82) is 0 Å². The summed E-state index contributed by atoms with van der Waals surface area (Å²) in [6, 6.07) is 2.68. The van der Waals surface area contributed by atoms with E-state index in [-0.39, 0.29) is 18.2 Å². The zero-order valence-electron chi connectivity index (χ0n) is 12.2. The minimum Gasteiger partial charge on any atom is -0.369 e. The van der Waals surface area contributed by atoms with Crippen LogP contribution in [-0.4, -0.2) is 25.5 Å². The number of halogens is 2. The van der Waals surface area contributed by atoms with Gasteiger partial charge in [-0.1, -0.05) is 6.92 Å². The highest BCUT2D eigenvalue weighted by Crippen LogP contribution is 2.29.